The molecule has 0 amide bonds. The zero-order valence-corrected chi connectivity index (χ0v) is 15.8. The molecule has 1 heterocycles. The highest BCUT2D eigenvalue weighted by molar-refractivity contribution is 7.99. The van der Waals surface area contributed by atoms with Gasteiger partial charge < -0.3 is 4.90 Å². The topological polar surface area (TPSA) is 3.24 Å². The molecule has 0 atom stereocenters. The van der Waals surface area contributed by atoms with Crippen molar-refractivity contribution in [1.29, 1.82) is 0 Å². The van der Waals surface area contributed by atoms with Gasteiger partial charge in [0.1, 0.15) is 0 Å². The SMILES string of the molecule is CCCCc1ccc2c(c1)/C(=C/CCN(C)C)c1ccccc1S2. The summed E-state index contributed by atoms with van der Waals surface area (Å²) in [4.78, 5) is 5.02. The molecule has 2 aromatic carbocycles. The van der Waals surface area contributed by atoms with Gasteiger partial charge in [0.15, 0.2) is 0 Å². The van der Waals surface area contributed by atoms with Crippen molar-refractivity contribution in [3.63, 3.8) is 0 Å². The van der Waals surface area contributed by atoms with Gasteiger partial charge in [-0.2, -0.15) is 0 Å². The maximum Gasteiger partial charge on any atom is 0.0201 e. The van der Waals surface area contributed by atoms with E-state index in [0.717, 1.165) is 13.0 Å². The summed E-state index contributed by atoms with van der Waals surface area (Å²) in [6.07, 6.45) is 7.21. The van der Waals surface area contributed by atoms with Gasteiger partial charge in [-0.1, -0.05) is 61.5 Å². The average Bonchev–Trinajstić information content (AvgIpc) is 2.59. The molecule has 2 aromatic rings. The number of hydrogen-bond acceptors (Lipinski definition) is 2. The maximum absolute atomic E-state index is 2.43. The quantitative estimate of drug-likeness (QED) is 0.553. The van der Waals surface area contributed by atoms with Crippen LogP contribution in [-0.4, -0.2) is 25.5 Å². The molecular weight excluding hydrogens is 310 g/mol. The predicted molar refractivity (Wildman–Crippen MR) is 106 cm³/mol. The van der Waals surface area contributed by atoms with Crippen molar-refractivity contribution in [2.45, 2.75) is 42.4 Å². The standard InChI is InChI=1S/C22H27NS/c1-4-5-9-17-13-14-22-20(16-17)18(11-8-15-23(2)3)19-10-6-7-12-21(19)24-22/h6-7,10-14,16H,4-5,8-9,15H2,1-3H3/b18-11+. The van der Waals surface area contributed by atoms with Crippen molar-refractivity contribution in [3.05, 3.63) is 65.2 Å². The molecule has 0 radical (unpaired) electrons. The minimum atomic E-state index is 1.08. The second-order valence-electron chi connectivity index (χ2n) is 6.74. The summed E-state index contributed by atoms with van der Waals surface area (Å²) < 4.78 is 0. The van der Waals surface area contributed by atoms with Crippen LogP contribution in [0, 0.1) is 0 Å². The van der Waals surface area contributed by atoms with Crippen molar-refractivity contribution in [1.82, 2.24) is 4.90 Å². The lowest BCUT2D eigenvalue weighted by Crippen LogP contribution is -2.12. The van der Waals surface area contributed by atoms with Crippen LogP contribution in [0.4, 0.5) is 0 Å². The zero-order valence-electron chi connectivity index (χ0n) is 15.0. The summed E-state index contributed by atoms with van der Waals surface area (Å²) in [5, 5.41) is 0. The molecule has 24 heavy (non-hydrogen) atoms. The van der Waals surface area contributed by atoms with Crippen molar-refractivity contribution < 1.29 is 0 Å². The van der Waals surface area contributed by atoms with E-state index in [1.807, 2.05) is 11.8 Å². The summed E-state index contributed by atoms with van der Waals surface area (Å²) in [5.41, 5.74) is 5.70. The van der Waals surface area contributed by atoms with Gasteiger partial charge in [-0.15, -0.1) is 0 Å². The first-order chi connectivity index (χ1) is 11.7. The summed E-state index contributed by atoms with van der Waals surface area (Å²) >= 11 is 1.91. The average molecular weight is 338 g/mol. The second kappa shape index (κ2) is 8.04. The Morgan fingerprint density at radius 1 is 1.00 bits per heavy atom. The Morgan fingerprint density at radius 2 is 1.79 bits per heavy atom. The number of benzene rings is 2. The number of unbranched alkanes of at least 4 members (excludes halogenated alkanes) is 1. The van der Waals surface area contributed by atoms with E-state index in [2.05, 4.69) is 74.5 Å². The van der Waals surface area contributed by atoms with Gasteiger partial charge in [-0.25, -0.2) is 0 Å². The first kappa shape index (κ1) is 17.3. The van der Waals surface area contributed by atoms with Crippen molar-refractivity contribution in [2.24, 2.45) is 0 Å². The number of hydrogen-bond donors (Lipinski definition) is 0. The Bertz CT molecular complexity index is 730. The Kier molecular flexibility index (Phi) is 5.80. The molecule has 0 bridgehead atoms. The van der Waals surface area contributed by atoms with Crippen LogP contribution in [0.25, 0.3) is 5.57 Å². The monoisotopic (exact) mass is 337 g/mol. The highest BCUT2D eigenvalue weighted by Crippen LogP contribution is 2.45. The molecule has 1 aliphatic rings. The van der Waals surface area contributed by atoms with E-state index < -0.39 is 0 Å². The van der Waals surface area contributed by atoms with Gasteiger partial charge in [0.25, 0.3) is 0 Å². The number of rotatable bonds is 6. The summed E-state index contributed by atoms with van der Waals surface area (Å²) in [5.74, 6) is 0. The Balaban J connectivity index is 1.99. The molecule has 0 saturated carbocycles. The lowest BCUT2D eigenvalue weighted by atomic mass is 9.93. The van der Waals surface area contributed by atoms with Crippen molar-refractivity contribution >= 4 is 17.3 Å². The molecule has 0 aromatic heterocycles. The van der Waals surface area contributed by atoms with Crippen LogP contribution in [0.1, 0.15) is 42.9 Å². The first-order valence-corrected chi connectivity index (χ1v) is 9.76. The Morgan fingerprint density at radius 3 is 2.58 bits per heavy atom. The van der Waals surface area contributed by atoms with Gasteiger partial charge in [0.2, 0.25) is 0 Å². The van der Waals surface area contributed by atoms with Gasteiger partial charge in [0.05, 0.1) is 0 Å². The van der Waals surface area contributed by atoms with Gasteiger partial charge in [-0.05, 0) is 67.8 Å². The van der Waals surface area contributed by atoms with Crippen LogP contribution in [0.2, 0.25) is 0 Å². The molecular formula is C22H27NS. The number of aryl methyl sites for hydroxylation is 1. The van der Waals surface area contributed by atoms with E-state index in [9.17, 15) is 0 Å². The molecule has 0 spiro atoms. The molecule has 126 valence electrons. The van der Waals surface area contributed by atoms with E-state index in [4.69, 9.17) is 0 Å². The second-order valence-corrected chi connectivity index (χ2v) is 7.83. The van der Waals surface area contributed by atoms with Gasteiger partial charge in [0, 0.05) is 16.3 Å². The highest BCUT2D eigenvalue weighted by atomic mass is 32.2. The number of nitrogens with zero attached hydrogens (tertiary/aromatic N) is 1. The van der Waals surface area contributed by atoms with Gasteiger partial charge >= 0.3 is 0 Å². The molecule has 1 nitrogen and oxygen atoms in total. The molecule has 0 fully saturated rings. The van der Waals surface area contributed by atoms with Crippen LogP contribution in [-0.2, 0) is 6.42 Å². The summed E-state index contributed by atoms with van der Waals surface area (Å²) in [7, 11) is 4.28. The van der Waals surface area contributed by atoms with Crippen LogP contribution in [0.3, 0.4) is 0 Å². The first-order valence-electron chi connectivity index (χ1n) is 8.94. The lowest BCUT2D eigenvalue weighted by Gasteiger charge is -2.23. The van der Waals surface area contributed by atoms with Crippen LogP contribution in [0.5, 0.6) is 0 Å². The zero-order chi connectivity index (χ0) is 16.9. The third-order valence-electron chi connectivity index (χ3n) is 4.48. The van der Waals surface area contributed by atoms with Crippen molar-refractivity contribution in [2.75, 3.05) is 20.6 Å². The van der Waals surface area contributed by atoms with Crippen LogP contribution >= 0.6 is 11.8 Å². The third-order valence-corrected chi connectivity index (χ3v) is 5.63. The minimum Gasteiger partial charge on any atom is -0.309 e. The van der Waals surface area contributed by atoms with E-state index in [1.165, 1.54) is 51.3 Å². The fraction of sp³-hybridized carbons (Fsp3) is 0.364. The molecule has 0 aliphatic carbocycles. The molecule has 3 rings (SSSR count). The summed E-state index contributed by atoms with van der Waals surface area (Å²) in [6.45, 7) is 3.35. The minimum absolute atomic E-state index is 1.08. The fourth-order valence-electron chi connectivity index (χ4n) is 3.14. The predicted octanol–water partition coefficient (Wildman–Crippen LogP) is 5.88. The van der Waals surface area contributed by atoms with Crippen LogP contribution in [0.15, 0.2) is 58.3 Å². The lowest BCUT2D eigenvalue weighted by molar-refractivity contribution is 0.417. The van der Waals surface area contributed by atoms with E-state index in [0.29, 0.717) is 0 Å². The Hall–Kier alpha value is -1.51. The normalized spacial score (nSPS) is 14.8. The maximum atomic E-state index is 2.43. The number of fused-ring (bicyclic) bond motifs is 2. The molecule has 0 N–H and O–H groups in total. The van der Waals surface area contributed by atoms with Crippen molar-refractivity contribution in [3.8, 4) is 0 Å². The third kappa shape index (κ3) is 3.93. The molecule has 0 unspecified atom stereocenters. The molecule has 0 saturated heterocycles. The Labute approximate surface area is 150 Å². The van der Waals surface area contributed by atoms with E-state index in [1.54, 1.807) is 0 Å². The van der Waals surface area contributed by atoms with E-state index >= 15 is 0 Å². The van der Waals surface area contributed by atoms with Gasteiger partial charge in [-0.3, -0.25) is 0 Å². The molecule has 1 aliphatic heterocycles. The fourth-order valence-corrected chi connectivity index (χ4v) is 4.23. The summed E-state index contributed by atoms with van der Waals surface area (Å²) in [6, 6.07) is 15.9. The smallest absolute Gasteiger partial charge is 0.0201 e. The van der Waals surface area contributed by atoms with E-state index in [-0.39, 0.29) is 0 Å². The van der Waals surface area contributed by atoms with Crippen LogP contribution < -0.4 is 0 Å². The highest BCUT2D eigenvalue weighted by Gasteiger charge is 2.20. The molecule has 2 heteroatoms. The largest absolute Gasteiger partial charge is 0.309 e.